The van der Waals surface area contributed by atoms with Crippen LogP contribution in [0.3, 0.4) is 0 Å². The maximum absolute atomic E-state index is 5.68. The van der Waals surface area contributed by atoms with E-state index in [1.807, 2.05) is 0 Å². The summed E-state index contributed by atoms with van der Waals surface area (Å²) in [4.78, 5) is 0. The summed E-state index contributed by atoms with van der Waals surface area (Å²) in [5, 5.41) is 0. The highest BCUT2D eigenvalue weighted by atomic mass is 16.6. The zero-order chi connectivity index (χ0) is 35.9. The molecule has 0 unspecified atom stereocenters. The summed E-state index contributed by atoms with van der Waals surface area (Å²) in [6.07, 6.45) is 20.1. The predicted octanol–water partition coefficient (Wildman–Crippen LogP) is 7.06. The highest BCUT2D eigenvalue weighted by Gasteiger charge is 1.98. The summed E-state index contributed by atoms with van der Waals surface area (Å²) >= 11 is 0. The molecule has 11 heteroatoms. The van der Waals surface area contributed by atoms with Gasteiger partial charge in [-0.25, -0.2) is 0 Å². The second kappa shape index (κ2) is 48.6. The Bertz CT molecular complexity index is 526. The molecule has 0 spiro atoms. The molecule has 0 N–H and O–H groups in total. The zero-order valence-corrected chi connectivity index (χ0v) is 32.7. The van der Waals surface area contributed by atoms with Gasteiger partial charge in [-0.3, -0.25) is 0 Å². The molecule has 0 bridgehead atoms. The number of hydrogen-bond acceptors (Lipinski definition) is 11. The van der Waals surface area contributed by atoms with E-state index in [4.69, 9.17) is 52.1 Å². The number of hydrogen-bond donors (Lipinski definition) is 0. The van der Waals surface area contributed by atoms with Gasteiger partial charge in [-0.1, -0.05) is 97.3 Å². The summed E-state index contributed by atoms with van der Waals surface area (Å²) in [5.41, 5.74) is 0. The summed E-state index contributed by atoms with van der Waals surface area (Å²) in [6, 6.07) is 0. The largest absolute Gasteiger partial charge is 0.379 e. The SMILES string of the molecule is CCCCCCCCCCCCCCCOCCOCCOCCOCCOCCOCCOCCOCCOCCOCCOCCCC. The molecule has 0 heterocycles. The molecule has 0 aromatic rings. The van der Waals surface area contributed by atoms with Crippen LogP contribution >= 0.6 is 0 Å². The first-order valence-corrected chi connectivity index (χ1v) is 20.3. The van der Waals surface area contributed by atoms with Gasteiger partial charge >= 0.3 is 0 Å². The Labute approximate surface area is 307 Å². The molecular weight excluding hydrogens is 644 g/mol. The molecule has 0 radical (unpaired) electrons. The van der Waals surface area contributed by atoms with Gasteiger partial charge in [0.05, 0.1) is 132 Å². The summed E-state index contributed by atoms with van der Waals surface area (Å²) in [7, 11) is 0. The lowest BCUT2D eigenvalue weighted by Gasteiger charge is -2.09. The van der Waals surface area contributed by atoms with Crippen LogP contribution in [0.4, 0.5) is 0 Å². The number of unbranched alkanes of at least 4 members (excludes halogenated alkanes) is 13. The fraction of sp³-hybridized carbons (Fsp3) is 1.00. The van der Waals surface area contributed by atoms with Gasteiger partial charge in [-0.05, 0) is 12.8 Å². The molecule has 11 nitrogen and oxygen atoms in total. The van der Waals surface area contributed by atoms with Crippen molar-refractivity contribution in [1.29, 1.82) is 0 Å². The van der Waals surface area contributed by atoms with Crippen molar-refractivity contribution >= 4 is 0 Å². The van der Waals surface area contributed by atoms with Crippen LogP contribution in [0.5, 0.6) is 0 Å². The first-order chi connectivity index (χ1) is 24.9. The van der Waals surface area contributed by atoms with Gasteiger partial charge in [0.2, 0.25) is 0 Å². The van der Waals surface area contributed by atoms with Crippen molar-refractivity contribution in [1.82, 2.24) is 0 Å². The van der Waals surface area contributed by atoms with Crippen molar-refractivity contribution in [3.05, 3.63) is 0 Å². The highest BCUT2D eigenvalue weighted by molar-refractivity contribution is 4.49. The summed E-state index contributed by atoms with van der Waals surface area (Å²) in [6.45, 7) is 17.3. The van der Waals surface area contributed by atoms with Crippen LogP contribution < -0.4 is 0 Å². The van der Waals surface area contributed by atoms with Crippen molar-refractivity contribution in [2.24, 2.45) is 0 Å². The molecule has 0 saturated heterocycles. The van der Waals surface area contributed by atoms with E-state index in [9.17, 15) is 0 Å². The summed E-state index contributed by atoms with van der Waals surface area (Å²) < 4.78 is 60.7. The molecule has 0 amide bonds. The van der Waals surface area contributed by atoms with Crippen molar-refractivity contribution < 1.29 is 52.1 Å². The minimum atomic E-state index is 0.528. The van der Waals surface area contributed by atoms with Crippen LogP contribution in [0.15, 0.2) is 0 Å². The van der Waals surface area contributed by atoms with E-state index in [2.05, 4.69) is 13.8 Å². The van der Waals surface area contributed by atoms with Gasteiger partial charge in [0.25, 0.3) is 0 Å². The second-order valence-corrected chi connectivity index (χ2v) is 12.3. The van der Waals surface area contributed by atoms with E-state index in [1.54, 1.807) is 0 Å². The van der Waals surface area contributed by atoms with Crippen molar-refractivity contribution in [3.8, 4) is 0 Å². The van der Waals surface area contributed by atoms with Crippen LogP contribution in [-0.4, -0.2) is 145 Å². The average Bonchev–Trinajstić information content (AvgIpc) is 3.13. The Morgan fingerprint density at radius 3 is 0.540 bits per heavy atom. The monoisotopic (exact) mass is 725 g/mol. The van der Waals surface area contributed by atoms with Crippen LogP contribution in [-0.2, 0) is 52.1 Å². The van der Waals surface area contributed by atoms with E-state index < -0.39 is 0 Å². The van der Waals surface area contributed by atoms with E-state index in [1.165, 1.54) is 77.0 Å². The Kier molecular flexibility index (Phi) is 48.1. The second-order valence-electron chi connectivity index (χ2n) is 12.3. The zero-order valence-electron chi connectivity index (χ0n) is 32.7. The van der Waals surface area contributed by atoms with E-state index >= 15 is 0 Å². The third-order valence-corrected chi connectivity index (χ3v) is 7.75. The first kappa shape index (κ1) is 49.6. The smallest absolute Gasteiger partial charge is 0.0701 e. The molecule has 0 aliphatic heterocycles. The van der Waals surface area contributed by atoms with Crippen molar-refractivity contribution in [2.45, 2.75) is 110 Å². The fourth-order valence-corrected chi connectivity index (χ4v) is 4.77. The van der Waals surface area contributed by atoms with Gasteiger partial charge < -0.3 is 52.1 Å². The Balaban J connectivity index is 3.04. The normalized spacial score (nSPS) is 11.6. The Hall–Kier alpha value is -0.440. The lowest BCUT2D eigenvalue weighted by Crippen LogP contribution is -2.15. The highest BCUT2D eigenvalue weighted by Crippen LogP contribution is 2.12. The maximum atomic E-state index is 5.68. The Morgan fingerprint density at radius 1 is 0.160 bits per heavy atom. The fourth-order valence-electron chi connectivity index (χ4n) is 4.77. The predicted molar refractivity (Wildman–Crippen MR) is 200 cm³/mol. The minimum absolute atomic E-state index is 0.528. The maximum Gasteiger partial charge on any atom is 0.0701 e. The molecule has 0 fully saturated rings. The summed E-state index contributed by atoms with van der Waals surface area (Å²) in [5.74, 6) is 0. The van der Waals surface area contributed by atoms with Gasteiger partial charge in [0.1, 0.15) is 0 Å². The molecule has 302 valence electrons. The standard InChI is InChI=1S/C39H80O11/c1-3-5-7-8-9-10-11-12-13-14-15-16-17-19-41-21-23-43-25-27-45-29-31-47-33-35-49-37-39-50-38-36-48-34-32-46-30-28-44-26-24-42-22-20-40-18-6-4-2/h3-39H2,1-2H3. The topological polar surface area (TPSA) is 102 Å². The lowest BCUT2D eigenvalue weighted by molar-refractivity contribution is -0.0275. The number of ether oxygens (including phenoxy) is 11. The Morgan fingerprint density at radius 2 is 0.320 bits per heavy atom. The van der Waals surface area contributed by atoms with Gasteiger partial charge in [0.15, 0.2) is 0 Å². The molecule has 50 heavy (non-hydrogen) atoms. The molecule has 0 aromatic heterocycles. The van der Waals surface area contributed by atoms with Crippen LogP contribution in [0.25, 0.3) is 0 Å². The van der Waals surface area contributed by atoms with Gasteiger partial charge in [0, 0.05) is 13.2 Å². The average molecular weight is 725 g/mol. The lowest BCUT2D eigenvalue weighted by atomic mass is 10.0. The van der Waals surface area contributed by atoms with Crippen LogP contribution in [0.2, 0.25) is 0 Å². The third kappa shape index (κ3) is 47.6. The minimum Gasteiger partial charge on any atom is -0.379 e. The number of rotatable bonds is 47. The van der Waals surface area contributed by atoms with Crippen molar-refractivity contribution in [2.75, 3.05) is 145 Å². The van der Waals surface area contributed by atoms with Gasteiger partial charge in [-0.2, -0.15) is 0 Å². The quantitative estimate of drug-likeness (QED) is 0.0603. The van der Waals surface area contributed by atoms with Gasteiger partial charge in [-0.15, -0.1) is 0 Å². The molecular formula is C39H80O11. The van der Waals surface area contributed by atoms with Crippen LogP contribution in [0, 0.1) is 0 Å². The van der Waals surface area contributed by atoms with E-state index in [0.717, 1.165) is 32.5 Å². The molecule has 0 aliphatic rings. The molecule has 0 aromatic carbocycles. The molecule has 0 aliphatic carbocycles. The third-order valence-electron chi connectivity index (χ3n) is 7.75. The molecule has 0 saturated carbocycles. The molecule has 0 atom stereocenters. The van der Waals surface area contributed by atoms with E-state index in [-0.39, 0.29) is 0 Å². The first-order valence-electron chi connectivity index (χ1n) is 20.3. The van der Waals surface area contributed by atoms with E-state index in [0.29, 0.717) is 132 Å². The van der Waals surface area contributed by atoms with Crippen LogP contribution in [0.1, 0.15) is 110 Å². The molecule has 0 rings (SSSR count). The van der Waals surface area contributed by atoms with Crippen molar-refractivity contribution in [3.63, 3.8) is 0 Å².